The van der Waals surface area contributed by atoms with Crippen molar-refractivity contribution in [3.63, 3.8) is 0 Å². The summed E-state index contributed by atoms with van der Waals surface area (Å²) in [6.45, 7) is 4.85. The van der Waals surface area contributed by atoms with Crippen LogP contribution in [0.3, 0.4) is 0 Å². The lowest BCUT2D eigenvalue weighted by Crippen LogP contribution is -2.27. The molecule has 4 aromatic carbocycles. The predicted octanol–water partition coefficient (Wildman–Crippen LogP) is 5.24. The lowest BCUT2D eigenvalue weighted by molar-refractivity contribution is 0.0980. The maximum atomic E-state index is 14.0. The number of benzene rings is 4. The Balaban J connectivity index is 1.41. The first-order chi connectivity index (χ1) is 23.8. The summed E-state index contributed by atoms with van der Waals surface area (Å²) in [7, 11) is -9.08. The van der Waals surface area contributed by atoms with Gasteiger partial charge < -0.3 is 20.4 Å². The second kappa shape index (κ2) is 15.4. The van der Waals surface area contributed by atoms with Crippen LogP contribution >= 0.6 is 0 Å². The van der Waals surface area contributed by atoms with E-state index in [9.17, 15) is 26.4 Å². The van der Waals surface area contributed by atoms with E-state index in [-0.39, 0.29) is 49.0 Å². The molecule has 0 heterocycles. The zero-order valence-electron chi connectivity index (χ0n) is 27.2. The van der Waals surface area contributed by atoms with E-state index in [1.165, 1.54) is 0 Å². The number of hydrogen-bond donors (Lipinski definition) is 4. The van der Waals surface area contributed by atoms with Crippen molar-refractivity contribution < 1.29 is 43.9 Å². The molecule has 0 aliphatic heterocycles. The molecule has 16 heteroatoms. The smallest absolute Gasteiger partial charge is 0.369 e. The summed E-state index contributed by atoms with van der Waals surface area (Å²) < 4.78 is 70.2. The van der Waals surface area contributed by atoms with Crippen molar-refractivity contribution in [2.75, 3.05) is 59.8 Å². The minimum Gasteiger partial charge on any atom is -0.369 e. The van der Waals surface area contributed by atoms with Gasteiger partial charge in [0.25, 0.3) is 0 Å². The van der Waals surface area contributed by atoms with Crippen molar-refractivity contribution in [3.8, 4) is 0 Å². The Morgan fingerprint density at radius 2 is 0.940 bits per heavy atom. The number of nitrogens with one attached hydrogen (secondary N) is 2. The molecule has 0 atom stereocenters. The van der Waals surface area contributed by atoms with Gasteiger partial charge in [-0.2, -0.15) is 16.8 Å². The summed E-state index contributed by atoms with van der Waals surface area (Å²) in [6, 6.07) is 24.5. The quantitative estimate of drug-likeness (QED) is 0.0966. The van der Waals surface area contributed by atoms with Crippen LogP contribution < -0.4 is 20.4 Å². The Bertz CT molecular complexity index is 1940. The molecule has 5 rings (SSSR count). The molecule has 264 valence electrons. The van der Waals surface area contributed by atoms with E-state index in [1.54, 1.807) is 60.7 Å². The maximum Gasteiger partial charge on any atom is 0.397 e. The first-order valence-corrected chi connectivity index (χ1v) is 18.3. The Hall–Kier alpha value is -4.84. The van der Waals surface area contributed by atoms with E-state index in [2.05, 4.69) is 19.0 Å². The first-order valence-electron chi connectivity index (χ1n) is 15.6. The van der Waals surface area contributed by atoms with Crippen LogP contribution in [0.1, 0.15) is 45.7 Å². The predicted molar refractivity (Wildman–Crippen MR) is 190 cm³/mol. The molecule has 14 nitrogen and oxygen atoms in total. The minimum atomic E-state index is -4.54. The van der Waals surface area contributed by atoms with Crippen LogP contribution in [-0.2, 0) is 29.2 Å². The molecule has 0 radical (unpaired) electrons. The zero-order chi connectivity index (χ0) is 36.1. The van der Waals surface area contributed by atoms with E-state index in [1.807, 2.05) is 47.9 Å². The van der Waals surface area contributed by atoms with Crippen molar-refractivity contribution >= 4 is 66.5 Å². The van der Waals surface area contributed by atoms with Crippen LogP contribution in [0, 0.1) is 0 Å². The highest BCUT2D eigenvalue weighted by Crippen LogP contribution is 2.39. The highest BCUT2D eigenvalue weighted by Gasteiger charge is 2.34. The third-order valence-electron chi connectivity index (χ3n) is 8.05. The molecule has 1 aliphatic carbocycles. The van der Waals surface area contributed by atoms with E-state index in [0.29, 0.717) is 47.0 Å². The molecular formula is C34H36N4O10S2. The number of carbonyl (C=O) groups is 2. The van der Waals surface area contributed by atoms with Crippen LogP contribution in [0.25, 0.3) is 0 Å². The molecule has 0 saturated carbocycles. The third-order valence-corrected chi connectivity index (χ3v) is 8.98. The fraction of sp³-hybridized carbons (Fsp3) is 0.235. The largest absolute Gasteiger partial charge is 0.397 e. The summed E-state index contributed by atoms with van der Waals surface area (Å²) in [5, 5.41) is 6.56. The van der Waals surface area contributed by atoms with Crippen LogP contribution in [0.5, 0.6) is 0 Å². The maximum absolute atomic E-state index is 14.0. The number of anilines is 6. The Morgan fingerprint density at radius 1 is 0.580 bits per heavy atom. The van der Waals surface area contributed by atoms with Crippen molar-refractivity contribution in [1.82, 2.24) is 0 Å². The van der Waals surface area contributed by atoms with Gasteiger partial charge in [0, 0.05) is 60.1 Å². The average molecular weight is 725 g/mol. The van der Waals surface area contributed by atoms with Crippen LogP contribution in [0.2, 0.25) is 0 Å². The second-order valence-electron chi connectivity index (χ2n) is 11.1. The SMILES string of the molecule is CCN(CCOS(=O)(=O)O)c1ccc(Nc2ccc(Nc3ccc(N(CC)CCOS(=O)(=O)O)cc3)c3c2C(=O)c2ccccc2C3=O)cc1. The van der Waals surface area contributed by atoms with Crippen molar-refractivity contribution in [1.29, 1.82) is 0 Å². The zero-order valence-corrected chi connectivity index (χ0v) is 28.8. The fourth-order valence-corrected chi connectivity index (χ4v) is 6.27. The molecule has 0 amide bonds. The molecular weight excluding hydrogens is 689 g/mol. The number of nitrogens with zero attached hydrogens (tertiary/aromatic N) is 2. The monoisotopic (exact) mass is 724 g/mol. The minimum absolute atomic E-state index is 0.215. The molecule has 1 aliphatic rings. The van der Waals surface area contributed by atoms with Gasteiger partial charge in [0.1, 0.15) is 0 Å². The molecule has 0 unspecified atom stereocenters. The molecule has 0 saturated heterocycles. The molecule has 0 bridgehead atoms. The van der Waals surface area contributed by atoms with E-state index in [0.717, 1.165) is 11.4 Å². The lowest BCUT2D eigenvalue weighted by Gasteiger charge is -2.25. The van der Waals surface area contributed by atoms with E-state index in [4.69, 9.17) is 9.11 Å². The van der Waals surface area contributed by atoms with E-state index < -0.39 is 20.8 Å². The third kappa shape index (κ3) is 8.84. The van der Waals surface area contributed by atoms with Crippen molar-refractivity contribution in [2.24, 2.45) is 0 Å². The first kappa shape index (κ1) is 36.4. The van der Waals surface area contributed by atoms with Crippen LogP contribution in [-0.4, -0.2) is 76.9 Å². The van der Waals surface area contributed by atoms with Gasteiger partial charge in [0.2, 0.25) is 0 Å². The molecule has 50 heavy (non-hydrogen) atoms. The highest BCUT2D eigenvalue weighted by molar-refractivity contribution is 7.81. The van der Waals surface area contributed by atoms with Gasteiger partial charge in [-0.3, -0.25) is 18.7 Å². The van der Waals surface area contributed by atoms with Gasteiger partial charge >= 0.3 is 20.8 Å². The standard InChI is InChI=1S/C34H36N4O10S2/c1-3-37(19-21-47-49(41,42)43)25-13-9-23(10-14-25)35-29-17-18-30(32-31(29)33(39)27-7-5-6-8-28(27)34(32)40)36-24-11-15-26(16-12-24)38(4-2)20-22-48-50(44,45)46/h5-18,35-36H,3-4,19-22H2,1-2H3,(H,41,42,43)(H,44,45,46). The Morgan fingerprint density at radius 3 is 1.26 bits per heavy atom. The van der Waals surface area contributed by atoms with Gasteiger partial charge in [0.05, 0.1) is 35.7 Å². The number of ketones is 2. The number of rotatable bonds is 16. The van der Waals surface area contributed by atoms with Crippen LogP contribution in [0.15, 0.2) is 84.9 Å². The van der Waals surface area contributed by atoms with Crippen molar-refractivity contribution in [3.05, 3.63) is 107 Å². The van der Waals surface area contributed by atoms with Crippen LogP contribution in [0.4, 0.5) is 34.1 Å². The summed E-state index contributed by atoms with van der Waals surface area (Å²) in [6.07, 6.45) is 0. The fourth-order valence-electron chi connectivity index (χ4n) is 5.70. The molecule has 0 spiro atoms. The number of likely N-dealkylation sites (N-methyl/N-ethyl adjacent to an activating group) is 2. The van der Waals surface area contributed by atoms with Gasteiger partial charge in [-0.25, -0.2) is 8.37 Å². The summed E-state index contributed by atoms with van der Waals surface area (Å²) >= 11 is 0. The molecule has 0 fully saturated rings. The highest BCUT2D eigenvalue weighted by atomic mass is 32.3. The second-order valence-corrected chi connectivity index (χ2v) is 13.3. The van der Waals surface area contributed by atoms with E-state index >= 15 is 0 Å². The summed E-state index contributed by atoms with van der Waals surface area (Å²) in [5.74, 6) is -0.620. The van der Waals surface area contributed by atoms with Gasteiger partial charge in [0.15, 0.2) is 11.6 Å². The van der Waals surface area contributed by atoms with Gasteiger partial charge in [-0.1, -0.05) is 24.3 Å². The Labute approximate surface area is 290 Å². The van der Waals surface area contributed by atoms with Gasteiger partial charge in [-0.05, 0) is 74.5 Å². The number of hydrogen-bond acceptors (Lipinski definition) is 12. The normalized spacial score (nSPS) is 12.6. The van der Waals surface area contributed by atoms with Crippen molar-refractivity contribution in [2.45, 2.75) is 13.8 Å². The lowest BCUT2D eigenvalue weighted by atomic mass is 9.82. The summed E-state index contributed by atoms with van der Waals surface area (Å²) in [5.41, 5.74) is 4.72. The molecule has 4 aromatic rings. The Kier molecular flexibility index (Phi) is 11.2. The molecule has 4 N–H and O–H groups in total. The number of carbonyl (C=O) groups excluding carboxylic acids is 2. The summed E-state index contributed by atoms with van der Waals surface area (Å²) in [4.78, 5) is 31.6. The van der Waals surface area contributed by atoms with Gasteiger partial charge in [-0.15, -0.1) is 0 Å². The molecule has 0 aromatic heterocycles. The average Bonchev–Trinajstić information content (AvgIpc) is 3.08. The topological polar surface area (TPSA) is 192 Å². The number of fused-ring (bicyclic) bond motifs is 2.